The highest BCUT2D eigenvalue weighted by atomic mass is 32.1. The number of alkyl halides is 3. The smallest absolute Gasteiger partial charge is 0.304 e. The van der Waals surface area contributed by atoms with Gasteiger partial charge < -0.3 is 4.98 Å². The molecule has 0 unspecified atom stereocenters. The summed E-state index contributed by atoms with van der Waals surface area (Å²) in [5.74, 6) is -0.164. The van der Waals surface area contributed by atoms with Crippen LogP contribution in [0.4, 0.5) is 13.2 Å². The lowest BCUT2D eigenvalue weighted by Crippen LogP contribution is -2.16. The van der Waals surface area contributed by atoms with Crippen LogP contribution < -0.4 is 5.56 Å². The second-order valence-corrected chi connectivity index (χ2v) is 4.13. The van der Waals surface area contributed by atoms with E-state index in [0.717, 1.165) is 11.3 Å². The van der Waals surface area contributed by atoms with Gasteiger partial charge in [0.15, 0.2) is 16.5 Å². The molecule has 0 aromatic carbocycles. The summed E-state index contributed by atoms with van der Waals surface area (Å²) >= 11 is 1.12. The van der Waals surface area contributed by atoms with Crippen LogP contribution in [-0.2, 0) is 6.18 Å². The molecule has 0 aliphatic carbocycles. The van der Waals surface area contributed by atoms with Gasteiger partial charge in [0, 0.05) is 17.1 Å². The number of aryl methyl sites for hydroxylation is 1. The van der Waals surface area contributed by atoms with Crippen LogP contribution >= 0.6 is 11.3 Å². The molecular formula is C9H6F3N3OS. The molecule has 17 heavy (non-hydrogen) atoms. The number of nitrogens with zero attached hydrogens (tertiary/aromatic N) is 2. The third kappa shape index (κ3) is 2.52. The molecule has 2 aromatic rings. The number of nitrogens with one attached hydrogen (secondary N) is 1. The summed E-state index contributed by atoms with van der Waals surface area (Å²) in [7, 11) is 0. The number of H-pyrrole nitrogens is 1. The highest BCUT2D eigenvalue weighted by Crippen LogP contribution is 2.28. The number of hydrogen-bond acceptors (Lipinski definition) is 4. The minimum atomic E-state index is -4.64. The molecule has 1 N–H and O–H groups in total. The van der Waals surface area contributed by atoms with Gasteiger partial charge in [0.1, 0.15) is 0 Å². The SMILES string of the molecule is Cc1csc(-c2nc(C(F)(F)F)cc(=O)[nH]2)n1. The van der Waals surface area contributed by atoms with Gasteiger partial charge in [-0.2, -0.15) is 13.2 Å². The monoisotopic (exact) mass is 261 g/mol. The quantitative estimate of drug-likeness (QED) is 0.856. The van der Waals surface area contributed by atoms with Gasteiger partial charge in [-0.3, -0.25) is 4.79 Å². The lowest BCUT2D eigenvalue weighted by atomic mass is 10.4. The second kappa shape index (κ2) is 3.95. The summed E-state index contributed by atoms with van der Waals surface area (Å²) in [5.41, 5.74) is -1.41. The fourth-order valence-corrected chi connectivity index (χ4v) is 1.91. The Morgan fingerprint density at radius 3 is 2.59 bits per heavy atom. The zero-order chi connectivity index (χ0) is 12.6. The van der Waals surface area contributed by atoms with Crippen LogP contribution in [0, 0.1) is 6.92 Å². The molecule has 0 atom stereocenters. The first-order valence-electron chi connectivity index (χ1n) is 4.47. The van der Waals surface area contributed by atoms with Gasteiger partial charge in [-0.25, -0.2) is 9.97 Å². The maximum absolute atomic E-state index is 12.4. The lowest BCUT2D eigenvalue weighted by molar-refractivity contribution is -0.141. The molecule has 90 valence electrons. The Morgan fingerprint density at radius 1 is 1.35 bits per heavy atom. The third-order valence-corrected chi connectivity index (χ3v) is 2.82. The average Bonchev–Trinajstić information content (AvgIpc) is 2.62. The molecule has 0 radical (unpaired) electrons. The molecule has 4 nitrogen and oxygen atoms in total. The average molecular weight is 261 g/mol. The Kier molecular flexibility index (Phi) is 2.74. The molecule has 2 heterocycles. The van der Waals surface area contributed by atoms with Gasteiger partial charge in [-0.1, -0.05) is 0 Å². The normalized spacial score (nSPS) is 11.8. The van der Waals surface area contributed by atoms with E-state index in [-0.39, 0.29) is 10.8 Å². The van der Waals surface area contributed by atoms with Crippen LogP contribution in [0.25, 0.3) is 10.8 Å². The van der Waals surface area contributed by atoms with Crippen molar-refractivity contribution in [3.8, 4) is 10.8 Å². The van der Waals surface area contributed by atoms with Crippen molar-refractivity contribution in [2.24, 2.45) is 0 Å². The molecule has 0 aliphatic rings. The molecule has 0 saturated carbocycles. The standard InChI is InChI=1S/C9H6F3N3OS/c1-4-3-17-8(13-4)7-14-5(9(10,11)12)2-6(16)15-7/h2-3H,1H3,(H,14,15,16). The van der Waals surface area contributed by atoms with Crippen LogP contribution in [0.5, 0.6) is 0 Å². The van der Waals surface area contributed by atoms with E-state index in [2.05, 4.69) is 15.0 Å². The fraction of sp³-hybridized carbons (Fsp3) is 0.222. The van der Waals surface area contributed by atoms with E-state index in [4.69, 9.17) is 0 Å². The molecule has 0 spiro atoms. The Hall–Kier alpha value is -1.70. The first kappa shape index (κ1) is 11.8. The number of halogens is 3. The minimum Gasteiger partial charge on any atom is -0.304 e. The van der Waals surface area contributed by atoms with E-state index >= 15 is 0 Å². The van der Waals surface area contributed by atoms with Crippen LogP contribution in [0.1, 0.15) is 11.4 Å². The topological polar surface area (TPSA) is 58.6 Å². The van der Waals surface area contributed by atoms with Gasteiger partial charge in [0.2, 0.25) is 0 Å². The van der Waals surface area contributed by atoms with Crippen molar-refractivity contribution in [3.63, 3.8) is 0 Å². The number of aromatic amines is 1. The molecular weight excluding hydrogens is 255 g/mol. The van der Waals surface area contributed by atoms with Crippen molar-refractivity contribution in [2.45, 2.75) is 13.1 Å². The maximum Gasteiger partial charge on any atom is 0.433 e. The number of thiazole rings is 1. The summed E-state index contributed by atoms with van der Waals surface area (Å²) in [6.07, 6.45) is -4.64. The second-order valence-electron chi connectivity index (χ2n) is 3.27. The highest BCUT2D eigenvalue weighted by molar-refractivity contribution is 7.13. The van der Waals surface area contributed by atoms with Gasteiger partial charge in [-0.05, 0) is 6.92 Å². The molecule has 0 bridgehead atoms. The van der Waals surface area contributed by atoms with Crippen molar-refractivity contribution in [2.75, 3.05) is 0 Å². The lowest BCUT2D eigenvalue weighted by Gasteiger charge is -2.05. The van der Waals surface area contributed by atoms with E-state index in [0.29, 0.717) is 11.8 Å². The van der Waals surface area contributed by atoms with Crippen molar-refractivity contribution >= 4 is 11.3 Å². The largest absolute Gasteiger partial charge is 0.433 e. The van der Waals surface area contributed by atoms with E-state index in [1.165, 1.54) is 0 Å². The molecule has 0 fully saturated rings. The zero-order valence-corrected chi connectivity index (χ0v) is 9.32. The third-order valence-electron chi connectivity index (χ3n) is 1.85. The number of rotatable bonds is 1. The predicted molar refractivity (Wildman–Crippen MR) is 55.7 cm³/mol. The van der Waals surface area contributed by atoms with Gasteiger partial charge in [0.05, 0.1) is 0 Å². The predicted octanol–water partition coefficient (Wildman–Crippen LogP) is 2.22. The first-order valence-corrected chi connectivity index (χ1v) is 5.35. The van der Waals surface area contributed by atoms with Crippen LogP contribution in [0.2, 0.25) is 0 Å². The Labute approximate surface area is 97.2 Å². The molecule has 0 aliphatic heterocycles. The van der Waals surface area contributed by atoms with Crippen molar-refractivity contribution in [3.05, 3.63) is 33.2 Å². The summed E-state index contributed by atoms with van der Waals surface area (Å²) in [5, 5.41) is 1.92. The van der Waals surface area contributed by atoms with E-state index in [1.807, 2.05) is 0 Å². The fourth-order valence-electron chi connectivity index (χ4n) is 1.17. The van der Waals surface area contributed by atoms with E-state index in [1.54, 1.807) is 12.3 Å². The molecule has 0 amide bonds. The van der Waals surface area contributed by atoms with E-state index < -0.39 is 17.4 Å². The maximum atomic E-state index is 12.4. The Bertz CT molecular complexity index is 602. The summed E-state index contributed by atoms with van der Waals surface area (Å²) in [4.78, 5) is 20.7. The number of hydrogen-bond donors (Lipinski definition) is 1. The summed E-state index contributed by atoms with van der Waals surface area (Å²) in [6.45, 7) is 1.70. The van der Waals surface area contributed by atoms with Crippen LogP contribution in [0.15, 0.2) is 16.2 Å². The number of aromatic nitrogens is 3. The summed E-state index contributed by atoms with van der Waals surface area (Å²) in [6, 6.07) is 0.421. The van der Waals surface area contributed by atoms with Crippen molar-refractivity contribution in [1.29, 1.82) is 0 Å². The summed E-state index contributed by atoms with van der Waals surface area (Å²) < 4.78 is 37.3. The van der Waals surface area contributed by atoms with Gasteiger partial charge in [-0.15, -0.1) is 11.3 Å². The molecule has 2 rings (SSSR count). The van der Waals surface area contributed by atoms with Crippen molar-refractivity contribution in [1.82, 2.24) is 15.0 Å². The molecule has 0 saturated heterocycles. The highest BCUT2D eigenvalue weighted by Gasteiger charge is 2.33. The van der Waals surface area contributed by atoms with Crippen LogP contribution in [-0.4, -0.2) is 15.0 Å². The van der Waals surface area contributed by atoms with Gasteiger partial charge in [0.25, 0.3) is 5.56 Å². The van der Waals surface area contributed by atoms with E-state index in [9.17, 15) is 18.0 Å². The van der Waals surface area contributed by atoms with Crippen molar-refractivity contribution < 1.29 is 13.2 Å². The van der Waals surface area contributed by atoms with Crippen LogP contribution in [0.3, 0.4) is 0 Å². The molecule has 2 aromatic heterocycles. The van der Waals surface area contributed by atoms with Gasteiger partial charge >= 0.3 is 6.18 Å². The zero-order valence-electron chi connectivity index (χ0n) is 8.50. The first-order chi connectivity index (χ1) is 7.86. The Balaban J connectivity index is 2.57. The Morgan fingerprint density at radius 2 is 2.06 bits per heavy atom. The minimum absolute atomic E-state index is 0.164. The molecule has 8 heteroatoms.